The van der Waals surface area contributed by atoms with Crippen LogP contribution in [0, 0.1) is 11.3 Å². The summed E-state index contributed by atoms with van der Waals surface area (Å²) in [6.45, 7) is 10.4. The molecular weight excluding hydrogens is 230 g/mol. The number of nitrogens with two attached hydrogens (primary N) is 1. The summed E-state index contributed by atoms with van der Waals surface area (Å²) in [4.78, 5) is 25.0. The molecule has 0 saturated carbocycles. The number of hydrogen-bond acceptors (Lipinski definition) is 3. The third kappa shape index (κ3) is 6.00. The molecule has 3 N–H and O–H groups in total. The zero-order valence-electron chi connectivity index (χ0n) is 12.4. The summed E-state index contributed by atoms with van der Waals surface area (Å²) >= 11 is 0. The summed E-state index contributed by atoms with van der Waals surface area (Å²) in [6.07, 6.45) is 0. The lowest BCUT2D eigenvalue weighted by atomic mass is 9.86. The van der Waals surface area contributed by atoms with Crippen LogP contribution in [0.15, 0.2) is 0 Å². The van der Waals surface area contributed by atoms with Crippen LogP contribution < -0.4 is 11.1 Å². The van der Waals surface area contributed by atoms with Gasteiger partial charge >= 0.3 is 0 Å². The van der Waals surface area contributed by atoms with Gasteiger partial charge in [0.2, 0.25) is 11.8 Å². The molecule has 0 aliphatic rings. The Morgan fingerprint density at radius 3 is 2.17 bits per heavy atom. The van der Waals surface area contributed by atoms with Gasteiger partial charge in [-0.1, -0.05) is 34.6 Å². The van der Waals surface area contributed by atoms with E-state index in [9.17, 15) is 9.59 Å². The first kappa shape index (κ1) is 16.9. The second-order valence-electron chi connectivity index (χ2n) is 6.24. The van der Waals surface area contributed by atoms with Gasteiger partial charge in [-0.15, -0.1) is 0 Å². The summed E-state index contributed by atoms with van der Waals surface area (Å²) in [6, 6.07) is -0.597. The Labute approximate surface area is 110 Å². The average molecular weight is 257 g/mol. The van der Waals surface area contributed by atoms with E-state index in [4.69, 9.17) is 5.73 Å². The maximum atomic E-state index is 12.0. The highest BCUT2D eigenvalue weighted by atomic mass is 16.2. The van der Waals surface area contributed by atoms with Crippen LogP contribution in [-0.4, -0.2) is 42.9 Å². The minimum Gasteiger partial charge on any atom is -0.354 e. The summed E-state index contributed by atoms with van der Waals surface area (Å²) < 4.78 is 0. The molecule has 2 amide bonds. The molecule has 0 aromatic rings. The second kappa shape index (κ2) is 6.73. The molecule has 0 heterocycles. The summed E-state index contributed by atoms with van der Waals surface area (Å²) in [7, 11) is 1.60. The highest BCUT2D eigenvalue weighted by Gasteiger charge is 2.30. The first-order chi connectivity index (χ1) is 8.05. The van der Waals surface area contributed by atoms with Gasteiger partial charge in [0, 0.05) is 13.6 Å². The van der Waals surface area contributed by atoms with Crippen LogP contribution in [0.4, 0.5) is 0 Å². The predicted octanol–water partition coefficient (Wildman–Crippen LogP) is 0.590. The van der Waals surface area contributed by atoms with Crippen LogP contribution in [0.3, 0.4) is 0 Å². The summed E-state index contributed by atoms with van der Waals surface area (Å²) in [5.74, 6) is 0.0367. The zero-order valence-corrected chi connectivity index (χ0v) is 12.4. The molecule has 0 fully saturated rings. The fourth-order valence-electron chi connectivity index (χ4n) is 1.28. The first-order valence-corrected chi connectivity index (χ1v) is 6.33. The molecule has 0 unspecified atom stereocenters. The number of nitrogens with zero attached hydrogens (tertiary/aromatic N) is 1. The molecule has 0 rings (SSSR count). The second-order valence-corrected chi connectivity index (χ2v) is 6.24. The quantitative estimate of drug-likeness (QED) is 0.757. The van der Waals surface area contributed by atoms with Gasteiger partial charge in [-0.25, -0.2) is 0 Å². The molecule has 0 bridgehead atoms. The van der Waals surface area contributed by atoms with E-state index in [1.807, 2.05) is 34.6 Å². The maximum Gasteiger partial charge on any atom is 0.240 e. The van der Waals surface area contributed by atoms with E-state index in [0.29, 0.717) is 12.5 Å². The number of carbonyl (C=O) groups excluding carboxylic acids is 2. The van der Waals surface area contributed by atoms with Crippen LogP contribution >= 0.6 is 0 Å². The van der Waals surface area contributed by atoms with Crippen molar-refractivity contribution in [2.45, 2.75) is 40.7 Å². The minimum atomic E-state index is -0.597. The Bertz CT molecular complexity index is 295. The fraction of sp³-hybridized carbons (Fsp3) is 0.846. The smallest absolute Gasteiger partial charge is 0.240 e. The Morgan fingerprint density at radius 1 is 1.28 bits per heavy atom. The normalized spacial score (nSPS) is 13.3. The SMILES string of the molecule is CC(C)CNC(=O)CN(C)C(=O)[C@H](N)C(C)(C)C. The van der Waals surface area contributed by atoms with Gasteiger partial charge in [-0.2, -0.15) is 0 Å². The van der Waals surface area contributed by atoms with E-state index in [1.54, 1.807) is 7.05 Å². The van der Waals surface area contributed by atoms with Gasteiger partial charge in [0.15, 0.2) is 0 Å². The lowest BCUT2D eigenvalue weighted by Gasteiger charge is -2.29. The molecule has 0 aromatic carbocycles. The van der Waals surface area contributed by atoms with Crippen LogP contribution in [0.1, 0.15) is 34.6 Å². The Balaban J connectivity index is 4.28. The van der Waals surface area contributed by atoms with Gasteiger partial charge in [-0.3, -0.25) is 9.59 Å². The van der Waals surface area contributed by atoms with Crippen molar-refractivity contribution in [2.75, 3.05) is 20.1 Å². The van der Waals surface area contributed by atoms with Gasteiger partial charge in [0.25, 0.3) is 0 Å². The lowest BCUT2D eigenvalue weighted by Crippen LogP contribution is -2.51. The molecule has 0 radical (unpaired) electrons. The van der Waals surface area contributed by atoms with Crippen molar-refractivity contribution in [1.29, 1.82) is 0 Å². The van der Waals surface area contributed by atoms with E-state index in [2.05, 4.69) is 5.32 Å². The number of likely N-dealkylation sites (N-methyl/N-ethyl adjacent to an activating group) is 1. The fourth-order valence-corrected chi connectivity index (χ4v) is 1.28. The first-order valence-electron chi connectivity index (χ1n) is 6.33. The summed E-state index contributed by atoms with van der Waals surface area (Å²) in [5, 5.41) is 2.77. The molecule has 106 valence electrons. The topological polar surface area (TPSA) is 75.4 Å². The molecule has 0 saturated heterocycles. The van der Waals surface area contributed by atoms with Crippen molar-refractivity contribution in [3.05, 3.63) is 0 Å². The molecule has 0 spiro atoms. The van der Waals surface area contributed by atoms with Gasteiger partial charge in [-0.05, 0) is 11.3 Å². The standard InChI is InChI=1S/C13H27N3O2/c1-9(2)7-15-10(17)8-16(6)12(18)11(14)13(3,4)5/h9,11H,7-8,14H2,1-6H3,(H,15,17)/t11-/m0/s1. The maximum absolute atomic E-state index is 12.0. The van der Waals surface area contributed by atoms with Crippen molar-refractivity contribution in [1.82, 2.24) is 10.2 Å². The highest BCUT2D eigenvalue weighted by molar-refractivity contribution is 5.87. The number of nitrogens with one attached hydrogen (secondary N) is 1. The van der Waals surface area contributed by atoms with Gasteiger partial charge in [0.05, 0.1) is 12.6 Å². The largest absolute Gasteiger partial charge is 0.354 e. The Hall–Kier alpha value is -1.10. The zero-order chi connectivity index (χ0) is 14.5. The predicted molar refractivity (Wildman–Crippen MR) is 72.9 cm³/mol. The molecule has 0 aliphatic carbocycles. The number of hydrogen-bond donors (Lipinski definition) is 2. The van der Waals surface area contributed by atoms with Crippen molar-refractivity contribution in [3.8, 4) is 0 Å². The van der Waals surface area contributed by atoms with E-state index in [1.165, 1.54) is 4.90 Å². The van der Waals surface area contributed by atoms with E-state index in [-0.39, 0.29) is 23.8 Å². The number of amides is 2. The molecule has 1 atom stereocenters. The third-order valence-electron chi connectivity index (χ3n) is 2.66. The van der Waals surface area contributed by atoms with Crippen LogP contribution in [-0.2, 0) is 9.59 Å². The Morgan fingerprint density at radius 2 is 1.78 bits per heavy atom. The molecule has 18 heavy (non-hydrogen) atoms. The van der Waals surface area contributed by atoms with Crippen molar-refractivity contribution in [3.63, 3.8) is 0 Å². The third-order valence-corrected chi connectivity index (χ3v) is 2.66. The molecular formula is C13H27N3O2. The van der Waals surface area contributed by atoms with Crippen molar-refractivity contribution < 1.29 is 9.59 Å². The molecule has 5 heteroatoms. The lowest BCUT2D eigenvalue weighted by molar-refractivity contribution is -0.137. The van der Waals surface area contributed by atoms with Crippen LogP contribution in [0.2, 0.25) is 0 Å². The molecule has 0 aromatic heterocycles. The van der Waals surface area contributed by atoms with Gasteiger partial charge in [0.1, 0.15) is 0 Å². The van der Waals surface area contributed by atoms with Gasteiger partial charge < -0.3 is 16.0 Å². The van der Waals surface area contributed by atoms with Crippen molar-refractivity contribution in [2.24, 2.45) is 17.1 Å². The van der Waals surface area contributed by atoms with Crippen molar-refractivity contribution >= 4 is 11.8 Å². The van der Waals surface area contributed by atoms with E-state index < -0.39 is 6.04 Å². The van der Waals surface area contributed by atoms with E-state index in [0.717, 1.165) is 0 Å². The number of carbonyl (C=O) groups is 2. The monoisotopic (exact) mass is 257 g/mol. The van der Waals surface area contributed by atoms with Crippen LogP contribution in [0.25, 0.3) is 0 Å². The average Bonchev–Trinajstić information content (AvgIpc) is 2.22. The van der Waals surface area contributed by atoms with E-state index >= 15 is 0 Å². The number of rotatable bonds is 5. The molecule has 5 nitrogen and oxygen atoms in total. The molecule has 0 aliphatic heterocycles. The summed E-state index contributed by atoms with van der Waals surface area (Å²) in [5.41, 5.74) is 5.56. The Kier molecular flexibility index (Phi) is 6.32. The minimum absolute atomic E-state index is 0.0509. The highest BCUT2D eigenvalue weighted by Crippen LogP contribution is 2.18. The van der Waals surface area contributed by atoms with Crippen LogP contribution in [0.5, 0.6) is 0 Å².